The minimum Gasteiger partial charge on any atom is -0.378 e. The highest BCUT2D eigenvalue weighted by molar-refractivity contribution is 9.10. The fourth-order valence-electron chi connectivity index (χ4n) is 1.66. The van der Waals surface area contributed by atoms with E-state index >= 15 is 0 Å². The first-order valence-corrected chi connectivity index (χ1v) is 5.48. The molecular formula is C11H11BrN2O. The summed E-state index contributed by atoms with van der Waals surface area (Å²) in [5, 5.41) is 9.13. The highest BCUT2D eigenvalue weighted by Gasteiger charge is 2.45. The van der Waals surface area contributed by atoms with Crippen molar-refractivity contribution in [3.05, 3.63) is 34.3 Å². The first kappa shape index (κ1) is 10.6. The van der Waals surface area contributed by atoms with E-state index in [9.17, 15) is 0 Å². The van der Waals surface area contributed by atoms with Crippen molar-refractivity contribution in [1.82, 2.24) is 0 Å². The predicted octanol–water partition coefficient (Wildman–Crippen LogP) is 1.99. The number of nitriles is 1. The standard InChI is InChI=1S/C11H11BrN2O/c12-9-4-2-1-3-8(9)10(14)11(5-13)6-15-7-11/h1-4,10H,6-7,14H2. The van der Waals surface area contributed by atoms with Crippen LogP contribution in [0.25, 0.3) is 0 Å². The summed E-state index contributed by atoms with van der Waals surface area (Å²) in [6.45, 7) is 0.845. The third kappa shape index (κ3) is 1.67. The number of hydrogen-bond acceptors (Lipinski definition) is 3. The first-order valence-electron chi connectivity index (χ1n) is 4.69. The molecule has 1 aromatic rings. The summed E-state index contributed by atoms with van der Waals surface area (Å²) in [5.41, 5.74) is 6.52. The van der Waals surface area contributed by atoms with Gasteiger partial charge in [-0.25, -0.2) is 0 Å². The van der Waals surface area contributed by atoms with Gasteiger partial charge in [0.1, 0.15) is 5.41 Å². The number of benzene rings is 1. The Bertz CT molecular complexity index is 409. The van der Waals surface area contributed by atoms with Crippen LogP contribution in [0.15, 0.2) is 28.7 Å². The van der Waals surface area contributed by atoms with Crippen LogP contribution in [0.3, 0.4) is 0 Å². The van der Waals surface area contributed by atoms with Gasteiger partial charge in [-0.05, 0) is 11.6 Å². The van der Waals surface area contributed by atoms with Gasteiger partial charge in [-0.15, -0.1) is 0 Å². The smallest absolute Gasteiger partial charge is 0.123 e. The summed E-state index contributed by atoms with van der Waals surface area (Å²) < 4.78 is 6.04. The lowest BCUT2D eigenvalue weighted by molar-refractivity contribution is -0.0911. The molecule has 0 bridgehead atoms. The van der Waals surface area contributed by atoms with Gasteiger partial charge in [-0.2, -0.15) is 5.26 Å². The lowest BCUT2D eigenvalue weighted by Crippen LogP contribution is -2.49. The summed E-state index contributed by atoms with van der Waals surface area (Å²) in [7, 11) is 0. The van der Waals surface area contributed by atoms with Crippen molar-refractivity contribution in [3.63, 3.8) is 0 Å². The summed E-state index contributed by atoms with van der Waals surface area (Å²) in [5.74, 6) is 0. The minimum atomic E-state index is -0.552. The van der Waals surface area contributed by atoms with Crippen molar-refractivity contribution >= 4 is 15.9 Å². The molecule has 0 amide bonds. The Kier molecular flexibility index (Phi) is 2.79. The monoisotopic (exact) mass is 266 g/mol. The molecule has 1 aliphatic rings. The lowest BCUT2D eigenvalue weighted by atomic mass is 9.77. The number of ether oxygens (including phenoxy) is 1. The molecule has 0 spiro atoms. The van der Waals surface area contributed by atoms with Crippen molar-refractivity contribution in [1.29, 1.82) is 5.26 Å². The second-order valence-electron chi connectivity index (χ2n) is 3.76. The molecule has 0 aliphatic carbocycles. The van der Waals surface area contributed by atoms with Gasteiger partial charge in [0.15, 0.2) is 0 Å². The Hall–Kier alpha value is -0.890. The van der Waals surface area contributed by atoms with Crippen molar-refractivity contribution in [2.24, 2.45) is 11.1 Å². The van der Waals surface area contributed by atoms with E-state index in [4.69, 9.17) is 15.7 Å². The van der Waals surface area contributed by atoms with Crippen LogP contribution in [0.2, 0.25) is 0 Å². The Balaban J connectivity index is 2.32. The Morgan fingerprint density at radius 2 is 2.13 bits per heavy atom. The van der Waals surface area contributed by atoms with Crippen LogP contribution < -0.4 is 5.73 Å². The summed E-state index contributed by atoms with van der Waals surface area (Å²) >= 11 is 3.44. The molecule has 4 heteroatoms. The number of rotatable bonds is 2. The number of hydrogen-bond donors (Lipinski definition) is 1. The molecule has 78 valence electrons. The van der Waals surface area contributed by atoms with Gasteiger partial charge in [0, 0.05) is 4.47 Å². The molecule has 1 saturated heterocycles. The van der Waals surface area contributed by atoms with Crippen molar-refractivity contribution in [2.45, 2.75) is 6.04 Å². The lowest BCUT2D eigenvalue weighted by Gasteiger charge is -2.40. The topological polar surface area (TPSA) is 59.0 Å². The first-order chi connectivity index (χ1) is 7.19. The maximum atomic E-state index is 9.13. The largest absolute Gasteiger partial charge is 0.378 e. The quantitative estimate of drug-likeness (QED) is 0.891. The van der Waals surface area contributed by atoms with Crippen LogP contribution in [-0.2, 0) is 4.74 Å². The highest BCUT2D eigenvalue weighted by atomic mass is 79.9. The van der Waals surface area contributed by atoms with E-state index in [-0.39, 0.29) is 6.04 Å². The molecular weight excluding hydrogens is 256 g/mol. The molecule has 0 aromatic heterocycles. The second kappa shape index (κ2) is 3.93. The minimum absolute atomic E-state index is 0.299. The SMILES string of the molecule is N#CC1(C(N)c2ccccc2Br)COC1. The number of nitrogens with zero attached hydrogens (tertiary/aromatic N) is 1. The molecule has 1 unspecified atom stereocenters. The van der Waals surface area contributed by atoms with E-state index < -0.39 is 5.41 Å². The average molecular weight is 267 g/mol. The molecule has 1 aromatic carbocycles. The molecule has 0 saturated carbocycles. The second-order valence-corrected chi connectivity index (χ2v) is 4.61. The Labute approximate surface area is 97.0 Å². The van der Waals surface area contributed by atoms with Gasteiger partial charge in [0.2, 0.25) is 0 Å². The average Bonchev–Trinajstić information content (AvgIpc) is 2.17. The van der Waals surface area contributed by atoms with E-state index in [2.05, 4.69) is 22.0 Å². The van der Waals surface area contributed by atoms with Crippen molar-refractivity contribution < 1.29 is 4.74 Å². The number of halogens is 1. The maximum absolute atomic E-state index is 9.13. The van der Waals surface area contributed by atoms with Crippen LogP contribution in [-0.4, -0.2) is 13.2 Å². The van der Waals surface area contributed by atoms with Crippen molar-refractivity contribution in [2.75, 3.05) is 13.2 Å². The van der Waals surface area contributed by atoms with Gasteiger partial charge < -0.3 is 10.5 Å². The normalized spacial score (nSPS) is 20.1. The summed E-state index contributed by atoms with van der Waals surface area (Å²) in [6.07, 6.45) is 0. The molecule has 2 N–H and O–H groups in total. The molecule has 1 aliphatic heterocycles. The zero-order valence-corrected chi connectivity index (χ0v) is 9.70. The predicted molar refractivity (Wildman–Crippen MR) is 59.9 cm³/mol. The van der Waals surface area contributed by atoms with Crippen LogP contribution in [0.5, 0.6) is 0 Å². The Morgan fingerprint density at radius 3 is 2.60 bits per heavy atom. The van der Waals surface area contributed by atoms with Crippen LogP contribution in [0.4, 0.5) is 0 Å². The van der Waals surface area contributed by atoms with E-state index in [1.165, 1.54) is 0 Å². The third-order valence-electron chi connectivity index (χ3n) is 2.78. The van der Waals surface area contributed by atoms with E-state index in [1.807, 2.05) is 24.3 Å². The molecule has 0 radical (unpaired) electrons. The molecule has 1 fully saturated rings. The van der Waals surface area contributed by atoms with E-state index in [0.717, 1.165) is 10.0 Å². The molecule has 3 nitrogen and oxygen atoms in total. The van der Waals surface area contributed by atoms with Gasteiger partial charge in [-0.3, -0.25) is 0 Å². The van der Waals surface area contributed by atoms with Gasteiger partial charge in [0.25, 0.3) is 0 Å². The van der Waals surface area contributed by atoms with E-state index in [1.54, 1.807) is 0 Å². The number of nitrogens with two attached hydrogens (primary N) is 1. The molecule has 2 rings (SSSR count). The highest BCUT2D eigenvalue weighted by Crippen LogP contribution is 2.40. The third-order valence-corrected chi connectivity index (χ3v) is 3.50. The van der Waals surface area contributed by atoms with Gasteiger partial charge >= 0.3 is 0 Å². The van der Waals surface area contributed by atoms with Crippen LogP contribution in [0, 0.1) is 16.7 Å². The zero-order chi connectivity index (χ0) is 10.9. The van der Waals surface area contributed by atoms with Gasteiger partial charge in [-0.1, -0.05) is 34.1 Å². The van der Waals surface area contributed by atoms with Crippen LogP contribution in [0.1, 0.15) is 11.6 Å². The molecule has 15 heavy (non-hydrogen) atoms. The molecule has 1 heterocycles. The maximum Gasteiger partial charge on any atom is 0.123 e. The van der Waals surface area contributed by atoms with Crippen molar-refractivity contribution in [3.8, 4) is 6.07 Å². The fourth-order valence-corrected chi connectivity index (χ4v) is 2.19. The summed E-state index contributed by atoms with van der Waals surface area (Å²) in [4.78, 5) is 0. The van der Waals surface area contributed by atoms with E-state index in [0.29, 0.717) is 13.2 Å². The molecule has 1 atom stereocenters. The van der Waals surface area contributed by atoms with Gasteiger partial charge in [0.05, 0.1) is 25.3 Å². The van der Waals surface area contributed by atoms with Crippen LogP contribution >= 0.6 is 15.9 Å². The Morgan fingerprint density at radius 1 is 1.47 bits per heavy atom. The summed E-state index contributed by atoms with van der Waals surface area (Å²) in [6, 6.07) is 9.69. The fraction of sp³-hybridized carbons (Fsp3) is 0.364. The zero-order valence-electron chi connectivity index (χ0n) is 8.11.